The molecule has 2 nitrogen and oxygen atoms in total. The second kappa shape index (κ2) is 3.85. The number of rotatable bonds is 1. The lowest BCUT2D eigenvalue weighted by atomic mass is 10.2. The predicted octanol–water partition coefficient (Wildman–Crippen LogP) is 2.03. The highest BCUT2D eigenvalue weighted by molar-refractivity contribution is 7.81. The lowest BCUT2D eigenvalue weighted by Gasteiger charge is -2.19. The summed E-state index contributed by atoms with van der Waals surface area (Å²) in [5.74, 6) is -0.372. The molecule has 0 radical (unpaired) electrons. The predicted molar refractivity (Wildman–Crippen MR) is 60.9 cm³/mol. The summed E-state index contributed by atoms with van der Waals surface area (Å²) < 4.78 is 13.0. The highest BCUT2D eigenvalue weighted by Gasteiger charge is 2.26. The Labute approximate surface area is 93.5 Å². The number of anilines is 1. The summed E-state index contributed by atoms with van der Waals surface area (Å²) in [6.45, 7) is 2.35. The fourth-order valence-corrected chi connectivity index (χ4v) is 1.95. The third kappa shape index (κ3) is 1.86. The highest BCUT2D eigenvalue weighted by atomic mass is 32.1. The first-order chi connectivity index (χ1) is 7.09. The van der Waals surface area contributed by atoms with E-state index in [1.165, 1.54) is 12.1 Å². The van der Waals surface area contributed by atoms with E-state index in [1.807, 2.05) is 0 Å². The Morgan fingerprint density at radius 2 is 2.33 bits per heavy atom. The second-order valence-corrected chi connectivity index (χ2v) is 4.46. The molecule has 1 unspecified atom stereocenters. The minimum atomic E-state index is -0.348. The molecular formula is C11H12FNOS. The summed E-state index contributed by atoms with van der Waals surface area (Å²) in [5, 5.41) is -0.348. The molecule has 0 aromatic heterocycles. The normalized spacial score (nSPS) is 16.3. The van der Waals surface area contributed by atoms with Crippen LogP contribution in [0.3, 0.4) is 0 Å². The zero-order valence-corrected chi connectivity index (χ0v) is 9.30. The number of hydrogen-bond acceptors (Lipinski definition) is 2. The zero-order valence-electron chi connectivity index (χ0n) is 8.40. The molecule has 1 aliphatic heterocycles. The van der Waals surface area contributed by atoms with Gasteiger partial charge in [-0.1, -0.05) is 6.07 Å². The quantitative estimate of drug-likeness (QED) is 0.725. The highest BCUT2D eigenvalue weighted by Crippen LogP contribution is 2.29. The number of nitrogens with zero attached hydrogens (tertiary/aromatic N) is 1. The Balaban J connectivity index is 2.35. The van der Waals surface area contributed by atoms with Crippen molar-refractivity contribution < 1.29 is 9.18 Å². The number of amides is 1. The Bertz CT molecular complexity index is 406. The van der Waals surface area contributed by atoms with E-state index < -0.39 is 0 Å². The monoisotopic (exact) mass is 225 g/mol. The lowest BCUT2D eigenvalue weighted by molar-refractivity contribution is -0.117. The van der Waals surface area contributed by atoms with E-state index in [-0.39, 0.29) is 17.0 Å². The summed E-state index contributed by atoms with van der Waals surface area (Å²) >= 11 is 4.10. The molecule has 1 amide bonds. The van der Waals surface area contributed by atoms with Crippen molar-refractivity contribution >= 4 is 24.2 Å². The van der Waals surface area contributed by atoms with Crippen molar-refractivity contribution in [1.82, 2.24) is 0 Å². The largest absolute Gasteiger partial charge is 0.311 e. The molecule has 0 spiro atoms. The third-order valence-corrected chi connectivity index (χ3v) is 2.79. The van der Waals surface area contributed by atoms with E-state index in [0.717, 1.165) is 12.0 Å². The van der Waals surface area contributed by atoms with Gasteiger partial charge in [0.05, 0.1) is 5.25 Å². The Morgan fingerprint density at radius 3 is 3.00 bits per heavy atom. The van der Waals surface area contributed by atoms with Crippen LogP contribution in [0.2, 0.25) is 0 Å². The maximum atomic E-state index is 13.0. The number of hydrogen-bond donors (Lipinski definition) is 1. The molecule has 0 saturated carbocycles. The van der Waals surface area contributed by atoms with Gasteiger partial charge in [-0.2, -0.15) is 12.6 Å². The van der Waals surface area contributed by atoms with E-state index in [1.54, 1.807) is 17.9 Å². The first-order valence-electron chi connectivity index (χ1n) is 4.87. The molecule has 1 aliphatic rings. The standard InChI is InChI=1S/C11H12FNOS/c1-7(15)11(14)13-5-4-8-2-3-9(12)6-10(8)13/h2-3,6-7,15H,4-5H2,1H3. The molecular weight excluding hydrogens is 213 g/mol. The van der Waals surface area contributed by atoms with Gasteiger partial charge >= 0.3 is 0 Å². The number of carbonyl (C=O) groups is 1. The van der Waals surface area contributed by atoms with E-state index in [4.69, 9.17) is 0 Å². The van der Waals surface area contributed by atoms with Crippen molar-refractivity contribution in [3.05, 3.63) is 29.6 Å². The average Bonchev–Trinajstić information content (AvgIpc) is 2.59. The first kappa shape index (κ1) is 10.5. The van der Waals surface area contributed by atoms with Crippen molar-refractivity contribution in [2.75, 3.05) is 11.4 Å². The number of carbonyl (C=O) groups excluding carboxylic acids is 1. The van der Waals surface area contributed by atoms with Crippen LogP contribution in [0.15, 0.2) is 18.2 Å². The van der Waals surface area contributed by atoms with Crippen LogP contribution in [0.1, 0.15) is 12.5 Å². The number of fused-ring (bicyclic) bond motifs is 1. The minimum absolute atomic E-state index is 0.0670. The smallest absolute Gasteiger partial charge is 0.239 e. The molecule has 1 aromatic rings. The van der Waals surface area contributed by atoms with Crippen LogP contribution >= 0.6 is 12.6 Å². The number of thiol groups is 1. The van der Waals surface area contributed by atoms with Crippen molar-refractivity contribution in [1.29, 1.82) is 0 Å². The summed E-state index contributed by atoms with van der Waals surface area (Å²) in [6, 6.07) is 4.58. The van der Waals surface area contributed by atoms with Crippen molar-refractivity contribution in [3.8, 4) is 0 Å². The number of halogens is 1. The molecule has 0 aliphatic carbocycles. The fourth-order valence-electron chi connectivity index (χ4n) is 1.81. The first-order valence-corrected chi connectivity index (χ1v) is 5.39. The van der Waals surface area contributed by atoms with Gasteiger partial charge in [0.25, 0.3) is 0 Å². The van der Waals surface area contributed by atoms with Crippen LogP contribution < -0.4 is 4.90 Å². The molecule has 0 fully saturated rings. The van der Waals surface area contributed by atoms with Crippen LogP contribution in [0, 0.1) is 5.82 Å². The maximum Gasteiger partial charge on any atom is 0.239 e. The summed E-state index contributed by atoms with van der Waals surface area (Å²) in [4.78, 5) is 13.4. The van der Waals surface area contributed by atoms with Gasteiger partial charge in [-0.05, 0) is 31.0 Å². The molecule has 4 heteroatoms. The number of benzene rings is 1. The fraction of sp³-hybridized carbons (Fsp3) is 0.364. The summed E-state index contributed by atoms with van der Waals surface area (Å²) in [6.07, 6.45) is 0.794. The molecule has 0 N–H and O–H groups in total. The SMILES string of the molecule is CC(S)C(=O)N1CCc2ccc(F)cc21. The molecule has 80 valence electrons. The van der Waals surface area contributed by atoms with Gasteiger partial charge in [-0.15, -0.1) is 0 Å². The topological polar surface area (TPSA) is 20.3 Å². The van der Waals surface area contributed by atoms with Gasteiger partial charge in [-0.25, -0.2) is 4.39 Å². The van der Waals surface area contributed by atoms with Crippen LogP contribution in [0.4, 0.5) is 10.1 Å². The van der Waals surface area contributed by atoms with Crippen LogP contribution in [-0.4, -0.2) is 17.7 Å². The maximum absolute atomic E-state index is 13.0. The van der Waals surface area contributed by atoms with E-state index in [2.05, 4.69) is 12.6 Å². The third-order valence-electron chi connectivity index (χ3n) is 2.57. The van der Waals surface area contributed by atoms with E-state index >= 15 is 0 Å². The molecule has 1 heterocycles. The van der Waals surface area contributed by atoms with Crippen LogP contribution in [0.25, 0.3) is 0 Å². The Kier molecular flexibility index (Phi) is 2.69. The van der Waals surface area contributed by atoms with Gasteiger partial charge in [0.1, 0.15) is 5.82 Å². The second-order valence-electron chi connectivity index (χ2n) is 3.69. The molecule has 1 atom stereocenters. The Morgan fingerprint density at radius 1 is 1.60 bits per heavy atom. The lowest BCUT2D eigenvalue weighted by Crippen LogP contribution is -2.34. The molecule has 1 aromatic carbocycles. The minimum Gasteiger partial charge on any atom is -0.311 e. The summed E-state index contributed by atoms with van der Waals surface area (Å²) in [7, 11) is 0. The molecule has 0 saturated heterocycles. The zero-order chi connectivity index (χ0) is 11.0. The molecule has 0 bridgehead atoms. The van der Waals surface area contributed by atoms with Crippen molar-refractivity contribution in [2.24, 2.45) is 0 Å². The van der Waals surface area contributed by atoms with Gasteiger partial charge in [0.2, 0.25) is 5.91 Å². The summed E-state index contributed by atoms with van der Waals surface area (Å²) in [5.41, 5.74) is 1.72. The van der Waals surface area contributed by atoms with Crippen LogP contribution in [-0.2, 0) is 11.2 Å². The Hall–Kier alpha value is -1.03. The molecule has 15 heavy (non-hydrogen) atoms. The van der Waals surface area contributed by atoms with Gasteiger partial charge in [0, 0.05) is 12.2 Å². The van der Waals surface area contributed by atoms with Crippen molar-refractivity contribution in [2.45, 2.75) is 18.6 Å². The van der Waals surface area contributed by atoms with E-state index in [0.29, 0.717) is 12.2 Å². The van der Waals surface area contributed by atoms with Crippen LogP contribution in [0.5, 0.6) is 0 Å². The van der Waals surface area contributed by atoms with Crippen molar-refractivity contribution in [3.63, 3.8) is 0 Å². The van der Waals surface area contributed by atoms with Gasteiger partial charge in [0.15, 0.2) is 0 Å². The van der Waals surface area contributed by atoms with Gasteiger partial charge in [-0.3, -0.25) is 4.79 Å². The van der Waals surface area contributed by atoms with Gasteiger partial charge < -0.3 is 4.90 Å². The molecule has 2 rings (SSSR count). The van der Waals surface area contributed by atoms with E-state index in [9.17, 15) is 9.18 Å². The average molecular weight is 225 g/mol.